The molecule has 1 fully saturated rings. The van der Waals surface area contributed by atoms with Crippen molar-refractivity contribution in [3.63, 3.8) is 0 Å². The van der Waals surface area contributed by atoms with E-state index in [1.54, 1.807) is 12.0 Å². The summed E-state index contributed by atoms with van der Waals surface area (Å²) in [5, 5.41) is 3.84. The van der Waals surface area contributed by atoms with E-state index in [-0.39, 0.29) is 17.5 Å². The molecule has 2 rings (SSSR count). The Morgan fingerprint density at radius 3 is 2.74 bits per heavy atom. The molecule has 0 bridgehead atoms. The third-order valence-corrected chi connectivity index (χ3v) is 5.45. The molecule has 8 nitrogen and oxygen atoms in total. The van der Waals surface area contributed by atoms with Crippen molar-refractivity contribution in [2.75, 3.05) is 30.9 Å². The number of ether oxygens (including phenoxy) is 1. The number of thiocarbonyl (C=S) groups is 1. The Hall–Kier alpha value is -1.87. The Balaban J connectivity index is 2.38. The standard InChI is InChI=1S/C18H31N5O3S/c1-4-9-23-15(19)14(16(24)21-17(23)25)22(10-11-26-3)18(27)20-13-8-6-5-7-12(13)2/h12-13H,4-11,19H2,1-3H3,(H,20,27)(H,21,24,25)/t12-,13+/m0/s1. The minimum Gasteiger partial charge on any atom is -0.383 e. The molecule has 27 heavy (non-hydrogen) atoms. The Morgan fingerprint density at radius 2 is 2.11 bits per heavy atom. The van der Waals surface area contributed by atoms with Crippen molar-refractivity contribution in [1.29, 1.82) is 0 Å². The number of hydrogen-bond acceptors (Lipinski definition) is 5. The van der Waals surface area contributed by atoms with Crippen LogP contribution in [0.1, 0.15) is 46.0 Å². The monoisotopic (exact) mass is 397 g/mol. The van der Waals surface area contributed by atoms with Gasteiger partial charge in [0.05, 0.1) is 6.61 Å². The van der Waals surface area contributed by atoms with E-state index in [0.717, 1.165) is 25.7 Å². The van der Waals surface area contributed by atoms with Gasteiger partial charge in [0.1, 0.15) is 5.82 Å². The molecular formula is C18H31N5O3S. The average molecular weight is 398 g/mol. The van der Waals surface area contributed by atoms with Crippen LogP contribution < -0.4 is 27.2 Å². The van der Waals surface area contributed by atoms with Gasteiger partial charge in [-0.1, -0.05) is 26.7 Å². The summed E-state index contributed by atoms with van der Waals surface area (Å²) in [5.41, 5.74) is 5.37. The highest BCUT2D eigenvalue weighted by molar-refractivity contribution is 7.80. The average Bonchev–Trinajstić information content (AvgIpc) is 2.63. The maximum absolute atomic E-state index is 12.6. The third-order valence-electron chi connectivity index (χ3n) is 5.12. The van der Waals surface area contributed by atoms with Gasteiger partial charge in [-0.05, 0) is 37.4 Å². The van der Waals surface area contributed by atoms with E-state index < -0.39 is 11.2 Å². The summed E-state index contributed by atoms with van der Waals surface area (Å²) in [5.74, 6) is 0.633. The van der Waals surface area contributed by atoms with E-state index in [1.165, 1.54) is 11.0 Å². The van der Waals surface area contributed by atoms with Gasteiger partial charge < -0.3 is 20.7 Å². The van der Waals surface area contributed by atoms with Crippen LogP contribution in [0.5, 0.6) is 0 Å². The molecular weight excluding hydrogens is 366 g/mol. The van der Waals surface area contributed by atoms with E-state index in [1.807, 2.05) is 6.92 Å². The summed E-state index contributed by atoms with van der Waals surface area (Å²) in [6, 6.07) is 0.262. The number of aromatic amines is 1. The topological polar surface area (TPSA) is 105 Å². The van der Waals surface area contributed by atoms with E-state index in [9.17, 15) is 9.59 Å². The van der Waals surface area contributed by atoms with Crippen molar-refractivity contribution >= 4 is 28.8 Å². The SMILES string of the molecule is CCCn1c(N)c(N(CCOC)C(=S)N[C@@H]2CCCC[C@@H]2C)c(=O)[nH]c1=O. The van der Waals surface area contributed by atoms with Crippen LogP contribution in [0.3, 0.4) is 0 Å². The van der Waals surface area contributed by atoms with Crippen LogP contribution >= 0.6 is 12.2 Å². The lowest BCUT2D eigenvalue weighted by Gasteiger charge is -2.34. The lowest BCUT2D eigenvalue weighted by molar-refractivity contribution is 0.207. The first-order valence-electron chi connectivity index (χ1n) is 9.60. The van der Waals surface area contributed by atoms with E-state index in [2.05, 4.69) is 17.2 Å². The second-order valence-corrected chi connectivity index (χ2v) is 7.49. The van der Waals surface area contributed by atoms with Crippen molar-refractivity contribution in [2.45, 2.75) is 58.5 Å². The quantitative estimate of drug-likeness (QED) is 0.598. The van der Waals surface area contributed by atoms with Crippen LogP contribution in [-0.4, -0.2) is 41.0 Å². The van der Waals surface area contributed by atoms with Gasteiger partial charge in [0.25, 0.3) is 5.56 Å². The number of anilines is 2. The first-order chi connectivity index (χ1) is 12.9. The number of H-pyrrole nitrogens is 1. The molecule has 0 aromatic carbocycles. The first-order valence-corrected chi connectivity index (χ1v) is 10.0. The molecule has 1 heterocycles. The number of nitrogens with zero attached hydrogens (tertiary/aromatic N) is 2. The molecule has 1 aromatic rings. The summed E-state index contributed by atoms with van der Waals surface area (Å²) in [4.78, 5) is 28.7. The highest BCUT2D eigenvalue weighted by Crippen LogP contribution is 2.24. The molecule has 152 valence electrons. The normalized spacial score (nSPS) is 19.7. The van der Waals surface area contributed by atoms with Crippen molar-refractivity contribution in [3.8, 4) is 0 Å². The number of nitrogen functional groups attached to an aromatic ring is 1. The van der Waals surface area contributed by atoms with E-state index in [4.69, 9.17) is 22.7 Å². The summed E-state index contributed by atoms with van der Waals surface area (Å²) >= 11 is 5.63. The number of hydrogen-bond donors (Lipinski definition) is 3. The zero-order valence-electron chi connectivity index (χ0n) is 16.4. The van der Waals surface area contributed by atoms with Crippen molar-refractivity contribution in [1.82, 2.24) is 14.9 Å². The molecule has 0 radical (unpaired) electrons. The number of nitrogens with one attached hydrogen (secondary N) is 2. The van der Waals surface area contributed by atoms with Crippen LogP contribution in [0.15, 0.2) is 9.59 Å². The fourth-order valence-corrected chi connectivity index (χ4v) is 3.88. The number of aromatic nitrogens is 2. The van der Waals surface area contributed by atoms with Gasteiger partial charge in [-0.25, -0.2) is 4.79 Å². The number of nitrogens with two attached hydrogens (primary N) is 1. The zero-order chi connectivity index (χ0) is 20.0. The molecule has 0 saturated heterocycles. The maximum atomic E-state index is 12.6. The van der Waals surface area contributed by atoms with E-state index >= 15 is 0 Å². The zero-order valence-corrected chi connectivity index (χ0v) is 17.2. The van der Waals surface area contributed by atoms with Crippen LogP contribution in [0.4, 0.5) is 11.5 Å². The summed E-state index contributed by atoms with van der Waals surface area (Å²) < 4.78 is 6.56. The molecule has 4 N–H and O–H groups in total. The summed E-state index contributed by atoms with van der Waals surface area (Å²) in [6.45, 7) is 5.30. The van der Waals surface area contributed by atoms with Crippen LogP contribution in [0.25, 0.3) is 0 Å². The predicted molar refractivity (Wildman–Crippen MR) is 112 cm³/mol. The van der Waals surface area contributed by atoms with Crippen LogP contribution in [0, 0.1) is 5.92 Å². The van der Waals surface area contributed by atoms with Crippen LogP contribution in [-0.2, 0) is 11.3 Å². The molecule has 0 aliphatic heterocycles. The lowest BCUT2D eigenvalue weighted by atomic mass is 9.86. The Labute approximate surface area is 165 Å². The largest absolute Gasteiger partial charge is 0.383 e. The summed E-state index contributed by atoms with van der Waals surface area (Å²) in [7, 11) is 1.59. The van der Waals surface area contributed by atoms with Crippen molar-refractivity contribution < 1.29 is 4.74 Å². The third kappa shape index (κ3) is 5.10. The Morgan fingerprint density at radius 1 is 1.41 bits per heavy atom. The number of methoxy groups -OCH3 is 1. The molecule has 1 aliphatic carbocycles. The smallest absolute Gasteiger partial charge is 0.330 e. The minimum atomic E-state index is -0.540. The molecule has 1 saturated carbocycles. The van der Waals surface area contributed by atoms with Gasteiger partial charge >= 0.3 is 5.69 Å². The second kappa shape index (κ2) is 9.89. The Kier molecular flexibility index (Phi) is 7.85. The molecule has 2 atom stereocenters. The fourth-order valence-electron chi connectivity index (χ4n) is 3.55. The fraction of sp³-hybridized carbons (Fsp3) is 0.722. The Bertz CT molecular complexity index is 760. The van der Waals surface area contributed by atoms with Crippen LogP contribution in [0.2, 0.25) is 0 Å². The van der Waals surface area contributed by atoms with Gasteiger partial charge in [-0.3, -0.25) is 14.3 Å². The molecule has 0 spiro atoms. The molecule has 1 aliphatic rings. The highest BCUT2D eigenvalue weighted by atomic mass is 32.1. The minimum absolute atomic E-state index is 0.127. The maximum Gasteiger partial charge on any atom is 0.330 e. The second-order valence-electron chi connectivity index (χ2n) is 7.11. The van der Waals surface area contributed by atoms with Crippen molar-refractivity contribution in [2.24, 2.45) is 5.92 Å². The number of rotatable bonds is 7. The highest BCUT2D eigenvalue weighted by Gasteiger charge is 2.26. The van der Waals surface area contributed by atoms with Gasteiger partial charge in [0.2, 0.25) is 0 Å². The predicted octanol–water partition coefficient (Wildman–Crippen LogP) is 1.43. The van der Waals surface area contributed by atoms with Gasteiger partial charge in [-0.15, -0.1) is 0 Å². The van der Waals surface area contributed by atoms with Gasteiger partial charge in [-0.2, -0.15) is 0 Å². The van der Waals surface area contributed by atoms with Gasteiger partial charge in [0.15, 0.2) is 10.8 Å². The summed E-state index contributed by atoms with van der Waals surface area (Å²) in [6.07, 6.45) is 5.31. The molecule has 9 heteroatoms. The molecule has 0 amide bonds. The first kappa shape index (κ1) is 21.4. The molecule has 1 aromatic heterocycles. The van der Waals surface area contributed by atoms with E-state index in [0.29, 0.717) is 30.7 Å². The lowest BCUT2D eigenvalue weighted by Crippen LogP contribution is -2.51. The van der Waals surface area contributed by atoms with Gasteiger partial charge in [0, 0.05) is 26.2 Å². The molecule has 0 unspecified atom stereocenters. The van der Waals surface area contributed by atoms with Crippen molar-refractivity contribution in [3.05, 3.63) is 20.8 Å².